The third-order valence-electron chi connectivity index (χ3n) is 6.57. The number of hydrogen-bond donors (Lipinski definition) is 0. The van der Waals surface area contributed by atoms with Crippen LogP contribution in [0.4, 0.5) is 0 Å². The number of carbonyl (C=O) groups excluding carboxylic acids is 2. The fourth-order valence-electron chi connectivity index (χ4n) is 5.58. The fraction of sp³-hybridized carbons (Fsp3) is 0.750. The SMILES string of the molecule is C[C@@H]1CCCC(C[C@@H]2CC(=O)C3=CC(=O)[C@H]4CCCC[C@@H]4[C@H]32)=N1. The number of carbonyl (C=O) groups is 2. The molecule has 3 heteroatoms. The number of hydrogen-bond acceptors (Lipinski definition) is 3. The van der Waals surface area contributed by atoms with Gasteiger partial charge < -0.3 is 0 Å². The summed E-state index contributed by atoms with van der Waals surface area (Å²) < 4.78 is 0. The Kier molecular flexibility index (Phi) is 3.98. The number of fused-ring (bicyclic) bond motifs is 3. The average molecular weight is 313 g/mol. The number of ketones is 2. The van der Waals surface area contributed by atoms with E-state index in [1.54, 1.807) is 6.08 Å². The molecule has 0 radical (unpaired) electrons. The van der Waals surface area contributed by atoms with Crippen molar-refractivity contribution in [3.63, 3.8) is 0 Å². The van der Waals surface area contributed by atoms with Crippen LogP contribution in [-0.4, -0.2) is 23.3 Å². The number of aliphatic imine (C=N–C) groups is 1. The van der Waals surface area contributed by atoms with E-state index in [1.165, 1.54) is 31.4 Å². The normalized spacial score (nSPS) is 40.3. The Morgan fingerprint density at radius 1 is 1.13 bits per heavy atom. The summed E-state index contributed by atoms with van der Waals surface area (Å²) in [7, 11) is 0. The molecule has 0 aromatic rings. The number of allylic oxidation sites excluding steroid dienone is 2. The first-order chi connectivity index (χ1) is 11.1. The molecule has 0 amide bonds. The van der Waals surface area contributed by atoms with Crippen LogP contribution < -0.4 is 0 Å². The van der Waals surface area contributed by atoms with Gasteiger partial charge in [-0.15, -0.1) is 0 Å². The van der Waals surface area contributed by atoms with Crippen LogP contribution in [0.25, 0.3) is 0 Å². The van der Waals surface area contributed by atoms with E-state index in [2.05, 4.69) is 6.92 Å². The monoisotopic (exact) mass is 313 g/mol. The second-order valence-corrected chi connectivity index (χ2v) is 8.11. The Labute approximate surface area is 138 Å². The maximum Gasteiger partial charge on any atom is 0.159 e. The van der Waals surface area contributed by atoms with Crippen LogP contribution in [0.2, 0.25) is 0 Å². The van der Waals surface area contributed by atoms with Gasteiger partial charge in [0.25, 0.3) is 0 Å². The van der Waals surface area contributed by atoms with Crippen LogP contribution in [0, 0.1) is 23.7 Å². The summed E-state index contributed by atoms with van der Waals surface area (Å²) in [6.07, 6.45) is 11.4. The zero-order valence-corrected chi connectivity index (χ0v) is 14.1. The molecule has 124 valence electrons. The van der Waals surface area contributed by atoms with Crippen molar-refractivity contribution in [2.24, 2.45) is 28.7 Å². The highest BCUT2D eigenvalue weighted by molar-refractivity contribution is 6.07. The molecule has 23 heavy (non-hydrogen) atoms. The second kappa shape index (κ2) is 5.99. The van der Waals surface area contributed by atoms with Crippen LogP contribution in [0.15, 0.2) is 16.6 Å². The molecule has 0 aromatic carbocycles. The smallest absolute Gasteiger partial charge is 0.159 e. The number of Topliss-reactive ketones (excluding diaryl/α,β-unsaturated/α-hetero) is 1. The molecule has 2 fully saturated rings. The molecule has 4 aliphatic rings. The van der Waals surface area contributed by atoms with Gasteiger partial charge in [0.1, 0.15) is 0 Å². The molecule has 4 rings (SSSR count). The molecule has 0 saturated heterocycles. The molecule has 0 bridgehead atoms. The van der Waals surface area contributed by atoms with Crippen molar-refractivity contribution < 1.29 is 9.59 Å². The van der Waals surface area contributed by atoms with Crippen molar-refractivity contribution in [1.82, 2.24) is 0 Å². The first kappa shape index (κ1) is 15.3. The molecule has 0 spiro atoms. The van der Waals surface area contributed by atoms with Crippen LogP contribution in [0.5, 0.6) is 0 Å². The zero-order chi connectivity index (χ0) is 16.0. The summed E-state index contributed by atoms with van der Waals surface area (Å²) >= 11 is 0. The molecule has 5 atom stereocenters. The van der Waals surface area contributed by atoms with Gasteiger partial charge in [0.05, 0.1) is 0 Å². The lowest BCUT2D eigenvalue weighted by Crippen LogP contribution is -2.38. The van der Waals surface area contributed by atoms with E-state index < -0.39 is 0 Å². The molecule has 0 N–H and O–H groups in total. The molecule has 0 unspecified atom stereocenters. The summed E-state index contributed by atoms with van der Waals surface area (Å²) in [5.41, 5.74) is 2.19. The Hall–Kier alpha value is -1.25. The number of nitrogens with zero attached hydrogens (tertiary/aromatic N) is 1. The highest BCUT2D eigenvalue weighted by Gasteiger charge is 2.49. The molecule has 3 nitrogen and oxygen atoms in total. The van der Waals surface area contributed by atoms with Crippen molar-refractivity contribution in [2.45, 2.75) is 70.8 Å². The minimum absolute atomic E-state index is 0.193. The molecular weight excluding hydrogens is 286 g/mol. The third-order valence-corrected chi connectivity index (χ3v) is 6.57. The standard InChI is InChI=1S/C20H27NO2/c1-12-5-4-6-14(21-12)9-13-10-18(22)17-11-19(23)15-7-2-3-8-16(15)20(13)17/h11-13,15-16,20H,2-10H2,1H3/t12-,13-,15+,16+,20-/m1/s1. The Bertz CT molecular complexity index is 588. The van der Waals surface area contributed by atoms with Gasteiger partial charge in [0.2, 0.25) is 0 Å². The van der Waals surface area contributed by atoms with Crippen molar-refractivity contribution in [2.75, 3.05) is 0 Å². The minimum Gasteiger partial charge on any atom is -0.295 e. The first-order valence-electron chi connectivity index (χ1n) is 9.47. The van der Waals surface area contributed by atoms with Gasteiger partial charge in [-0.25, -0.2) is 0 Å². The zero-order valence-electron chi connectivity index (χ0n) is 14.1. The predicted octanol–water partition coefficient (Wildman–Crippen LogP) is 3.91. The molecule has 2 saturated carbocycles. The molecule has 3 aliphatic carbocycles. The topological polar surface area (TPSA) is 46.5 Å². The highest BCUT2D eigenvalue weighted by atomic mass is 16.1. The highest BCUT2D eigenvalue weighted by Crippen LogP contribution is 2.51. The van der Waals surface area contributed by atoms with Crippen molar-refractivity contribution in [1.29, 1.82) is 0 Å². The van der Waals surface area contributed by atoms with Crippen molar-refractivity contribution in [3.8, 4) is 0 Å². The maximum absolute atomic E-state index is 12.5. The molecular formula is C20H27NO2. The Morgan fingerprint density at radius 3 is 2.78 bits per heavy atom. The summed E-state index contributed by atoms with van der Waals surface area (Å²) in [6.45, 7) is 2.20. The fourth-order valence-corrected chi connectivity index (χ4v) is 5.58. The predicted molar refractivity (Wildman–Crippen MR) is 90.5 cm³/mol. The van der Waals surface area contributed by atoms with Crippen LogP contribution in [0.1, 0.15) is 64.7 Å². The minimum atomic E-state index is 0.193. The molecule has 1 heterocycles. The van der Waals surface area contributed by atoms with Gasteiger partial charge in [-0.2, -0.15) is 0 Å². The lowest BCUT2D eigenvalue weighted by Gasteiger charge is -2.40. The lowest BCUT2D eigenvalue weighted by atomic mass is 9.63. The van der Waals surface area contributed by atoms with Gasteiger partial charge in [-0.1, -0.05) is 12.8 Å². The van der Waals surface area contributed by atoms with Gasteiger partial charge in [-0.05, 0) is 69.3 Å². The van der Waals surface area contributed by atoms with E-state index in [9.17, 15) is 9.59 Å². The van der Waals surface area contributed by atoms with Crippen molar-refractivity contribution in [3.05, 3.63) is 11.6 Å². The van der Waals surface area contributed by atoms with E-state index in [0.717, 1.165) is 31.3 Å². The van der Waals surface area contributed by atoms with Crippen LogP contribution in [-0.2, 0) is 9.59 Å². The maximum atomic E-state index is 12.5. The summed E-state index contributed by atoms with van der Waals surface area (Å²) in [5, 5.41) is 0. The third kappa shape index (κ3) is 2.72. The van der Waals surface area contributed by atoms with Gasteiger partial charge >= 0.3 is 0 Å². The molecule has 0 aromatic heterocycles. The largest absolute Gasteiger partial charge is 0.295 e. The Balaban J connectivity index is 1.60. The lowest BCUT2D eigenvalue weighted by molar-refractivity contribution is -0.123. The van der Waals surface area contributed by atoms with Crippen LogP contribution >= 0.6 is 0 Å². The van der Waals surface area contributed by atoms with E-state index >= 15 is 0 Å². The molecule has 1 aliphatic heterocycles. The summed E-state index contributed by atoms with van der Waals surface area (Å²) in [4.78, 5) is 29.7. The average Bonchev–Trinajstić information content (AvgIpc) is 2.84. The summed E-state index contributed by atoms with van der Waals surface area (Å²) in [5.74, 6) is 1.83. The van der Waals surface area contributed by atoms with E-state index in [4.69, 9.17) is 4.99 Å². The van der Waals surface area contributed by atoms with Crippen molar-refractivity contribution >= 4 is 17.3 Å². The van der Waals surface area contributed by atoms with Gasteiger partial charge in [-0.3, -0.25) is 14.6 Å². The Morgan fingerprint density at radius 2 is 1.96 bits per heavy atom. The first-order valence-corrected chi connectivity index (χ1v) is 9.47. The van der Waals surface area contributed by atoms with E-state index in [-0.39, 0.29) is 17.5 Å². The van der Waals surface area contributed by atoms with Gasteiger partial charge in [0, 0.05) is 29.7 Å². The number of rotatable bonds is 2. The van der Waals surface area contributed by atoms with E-state index in [0.29, 0.717) is 30.2 Å². The van der Waals surface area contributed by atoms with Gasteiger partial charge in [0.15, 0.2) is 11.6 Å². The van der Waals surface area contributed by atoms with E-state index in [1.807, 2.05) is 0 Å². The van der Waals surface area contributed by atoms with Crippen LogP contribution in [0.3, 0.4) is 0 Å². The second-order valence-electron chi connectivity index (χ2n) is 8.11. The quantitative estimate of drug-likeness (QED) is 0.776. The summed E-state index contributed by atoms with van der Waals surface area (Å²) in [6, 6.07) is 0.446.